The normalized spacial score (nSPS) is 19.6. The maximum atomic E-state index is 11.1. The Morgan fingerprint density at radius 3 is 2.94 bits per heavy atom. The zero-order valence-corrected chi connectivity index (χ0v) is 9.44. The number of nitrogens with one attached hydrogen (secondary N) is 1. The first-order chi connectivity index (χ1) is 8.59. The average Bonchev–Trinajstić information content (AvgIpc) is 2.39. The van der Waals surface area contributed by atoms with Crippen molar-refractivity contribution in [1.82, 2.24) is 10.3 Å². The molecule has 18 heavy (non-hydrogen) atoms. The first-order valence-electron chi connectivity index (χ1n) is 5.40. The number of aliphatic carboxylic acids is 1. The van der Waals surface area contributed by atoms with Crippen molar-refractivity contribution in [1.29, 1.82) is 0 Å². The van der Waals surface area contributed by atoms with Crippen LogP contribution in [-0.2, 0) is 4.79 Å². The lowest BCUT2D eigenvalue weighted by Gasteiger charge is -2.34. The van der Waals surface area contributed by atoms with Crippen LogP contribution in [0.1, 0.15) is 0 Å². The molecule has 2 rings (SSSR count). The second-order valence-electron chi connectivity index (χ2n) is 3.88. The van der Waals surface area contributed by atoms with Crippen LogP contribution in [-0.4, -0.2) is 46.7 Å². The Morgan fingerprint density at radius 1 is 1.61 bits per heavy atom. The summed E-state index contributed by atoms with van der Waals surface area (Å²) < 4.78 is 0. The molecule has 0 radical (unpaired) electrons. The zero-order valence-electron chi connectivity index (χ0n) is 9.44. The third kappa shape index (κ3) is 2.38. The van der Waals surface area contributed by atoms with E-state index in [0.717, 1.165) is 6.20 Å². The van der Waals surface area contributed by atoms with E-state index in [1.54, 1.807) is 4.90 Å². The molecule has 1 aliphatic heterocycles. The van der Waals surface area contributed by atoms with Crippen LogP contribution in [0.2, 0.25) is 0 Å². The predicted molar refractivity (Wildman–Crippen MR) is 62.5 cm³/mol. The number of hydrogen-bond donors (Lipinski definition) is 2. The minimum Gasteiger partial charge on any atom is -0.480 e. The molecule has 1 saturated heterocycles. The molecule has 0 aliphatic carbocycles. The molecule has 1 aliphatic rings. The Labute approximate surface area is 102 Å². The van der Waals surface area contributed by atoms with Crippen molar-refractivity contribution in [2.24, 2.45) is 0 Å². The van der Waals surface area contributed by atoms with E-state index in [9.17, 15) is 14.9 Å². The molecule has 1 atom stereocenters. The monoisotopic (exact) mass is 252 g/mol. The van der Waals surface area contributed by atoms with Crippen LogP contribution in [0.5, 0.6) is 0 Å². The number of rotatable bonds is 3. The molecule has 1 aromatic rings. The third-order valence-electron chi connectivity index (χ3n) is 2.77. The van der Waals surface area contributed by atoms with E-state index in [4.69, 9.17) is 5.11 Å². The molecule has 0 aromatic carbocycles. The van der Waals surface area contributed by atoms with Gasteiger partial charge in [0, 0.05) is 25.7 Å². The maximum Gasteiger partial charge on any atom is 0.327 e. The van der Waals surface area contributed by atoms with E-state index in [0.29, 0.717) is 25.5 Å². The molecule has 2 heterocycles. The highest BCUT2D eigenvalue weighted by Crippen LogP contribution is 2.18. The summed E-state index contributed by atoms with van der Waals surface area (Å²) in [6.45, 7) is 1.48. The predicted octanol–water partition coefficient (Wildman–Crippen LogP) is -0.147. The van der Waals surface area contributed by atoms with Gasteiger partial charge in [0.15, 0.2) is 0 Å². The van der Waals surface area contributed by atoms with Crippen molar-refractivity contribution < 1.29 is 14.8 Å². The Balaban J connectivity index is 2.23. The molecule has 0 unspecified atom stereocenters. The minimum absolute atomic E-state index is 0.110. The summed E-state index contributed by atoms with van der Waals surface area (Å²) in [6.07, 6.45) is 1.14. The second kappa shape index (κ2) is 4.96. The number of pyridine rings is 1. The van der Waals surface area contributed by atoms with Gasteiger partial charge >= 0.3 is 5.97 Å². The molecule has 1 fully saturated rings. The number of nitro groups is 1. The van der Waals surface area contributed by atoms with Crippen LogP contribution in [0.15, 0.2) is 18.3 Å². The lowest BCUT2D eigenvalue weighted by atomic mass is 10.2. The Kier molecular flexibility index (Phi) is 3.38. The molecule has 96 valence electrons. The highest BCUT2D eigenvalue weighted by atomic mass is 16.6. The van der Waals surface area contributed by atoms with E-state index >= 15 is 0 Å². The first-order valence-corrected chi connectivity index (χ1v) is 5.40. The van der Waals surface area contributed by atoms with Gasteiger partial charge in [0.05, 0.1) is 4.92 Å². The van der Waals surface area contributed by atoms with Crippen molar-refractivity contribution in [3.8, 4) is 0 Å². The summed E-state index contributed by atoms with van der Waals surface area (Å²) in [5, 5.41) is 22.6. The van der Waals surface area contributed by atoms with Gasteiger partial charge in [-0.15, -0.1) is 0 Å². The smallest absolute Gasteiger partial charge is 0.327 e. The van der Waals surface area contributed by atoms with Crippen molar-refractivity contribution >= 4 is 17.5 Å². The van der Waals surface area contributed by atoms with Crippen LogP contribution < -0.4 is 10.2 Å². The van der Waals surface area contributed by atoms with Crippen molar-refractivity contribution in [2.75, 3.05) is 24.5 Å². The van der Waals surface area contributed by atoms with Crippen molar-refractivity contribution in [2.45, 2.75) is 6.04 Å². The Bertz CT molecular complexity index is 461. The van der Waals surface area contributed by atoms with Gasteiger partial charge in [-0.2, -0.15) is 0 Å². The van der Waals surface area contributed by atoms with Gasteiger partial charge in [-0.1, -0.05) is 0 Å². The number of carboxylic acid groups (broad SMARTS) is 1. The van der Waals surface area contributed by atoms with E-state index in [2.05, 4.69) is 10.3 Å². The summed E-state index contributed by atoms with van der Waals surface area (Å²) >= 11 is 0. The second-order valence-corrected chi connectivity index (χ2v) is 3.88. The lowest BCUT2D eigenvalue weighted by molar-refractivity contribution is -0.385. The standard InChI is InChI=1S/C10H12N4O4/c15-10(16)8-6-11-3-4-13(8)9-2-1-7(5-12-9)14(17)18/h1-2,5,8,11H,3-4,6H2,(H,15,16)/t8-/m1/s1. The lowest BCUT2D eigenvalue weighted by Crippen LogP contribution is -2.55. The van der Waals surface area contributed by atoms with Gasteiger partial charge in [-0.3, -0.25) is 10.1 Å². The quantitative estimate of drug-likeness (QED) is 0.568. The molecule has 2 N–H and O–H groups in total. The highest BCUT2D eigenvalue weighted by Gasteiger charge is 2.29. The average molecular weight is 252 g/mol. The summed E-state index contributed by atoms with van der Waals surface area (Å²) in [6, 6.07) is 2.09. The van der Waals surface area contributed by atoms with Crippen molar-refractivity contribution in [3.63, 3.8) is 0 Å². The van der Waals surface area contributed by atoms with Gasteiger partial charge in [-0.05, 0) is 6.07 Å². The van der Waals surface area contributed by atoms with Crippen LogP contribution in [0, 0.1) is 10.1 Å². The van der Waals surface area contributed by atoms with Gasteiger partial charge in [0.1, 0.15) is 18.1 Å². The molecule has 0 spiro atoms. The van der Waals surface area contributed by atoms with E-state index < -0.39 is 16.9 Å². The molecular weight excluding hydrogens is 240 g/mol. The van der Waals surface area contributed by atoms with Gasteiger partial charge < -0.3 is 15.3 Å². The fourth-order valence-corrected chi connectivity index (χ4v) is 1.86. The van der Waals surface area contributed by atoms with E-state index in [1.807, 2.05) is 0 Å². The summed E-state index contributed by atoms with van der Waals surface area (Å²) in [5.74, 6) is -0.503. The van der Waals surface area contributed by atoms with Gasteiger partial charge in [0.2, 0.25) is 0 Å². The van der Waals surface area contributed by atoms with E-state index in [1.165, 1.54) is 12.1 Å². The maximum absolute atomic E-state index is 11.1. The molecule has 1 aromatic heterocycles. The van der Waals surface area contributed by atoms with Crippen molar-refractivity contribution in [3.05, 3.63) is 28.4 Å². The summed E-state index contributed by atoms with van der Waals surface area (Å²) in [7, 11) is 0. The number of piperazine rings is 1. The fraction of sp³-hybridized carbons (Fsp3) is 0.400. The SMILES string of the molecule is O=C(O)[C@H]1CNCCN1c1ccc([N+](=O)[O-])cn1. The van der Waals surface area contributed by atoms with E-state index in [-0.39, 0.29) is 5.69 Å². The number of carboxylic acids is 1. The molecule has 0 bridgehead atoms. The van der Waals surface area contributed by atoms with Crippen LogP contribution in [0.3, 0.4) is 0 Å². The minimum atomic E-state index is -0.942. The molecule has 0 saturated carbocycles. The fourth-order valence-electron chi connectivity index (χ4n) is 1.86. The molecule has 8 heteroatoms. The summed E-state index contributed by atoms with van der Waals surface area (Å²) in [5.41, 5.74) is -0.110. The van der Waals surface area contributed by atoms with Crippen LogP contribution in [0.4, 0.5) is 11.5 Å². The topological polar surface area (TPSA) is 109 Å². The number of carbonyl (C=O) groups is 1. The molecule has 0 amide bonds. The molecule has 8 nitrogen and oxygen atoms in total. The van der Waals surface area contributed by atoms with Crippen LogP contribution in [0.25, 0.3) is 0 Å². The van der Waals surface area contributed by atoms with Gasteiger partial charge in [0.25, 0.3) is 5.69 Å². The number of anilines is 1. The number of aromatic nitrogens is 1. The highest BCUT2D eigenvalue weighted by molar-refractivity contribution is 5.78. The Hall–Kier alpha value is -2.22. The van der Waals surface area contributed by atoms with Gasteiger partial charge in [-0.25, -0.2) is 9.78 Å². The third-order valence-corrected chi connectivity index (χ3v) is 2.77. The van der Waals surface area contributed by atoms with Crippen LogP contribution >= 0.6 is 0 Å². The zero-order chi connectivity index (χ0) is 13.1. The first kappa shape index (κ1) is 12.2. The number of nitrogens with zero attached hydrogens (tertiary/aromatic N) is 3. The largest absolute Gasteiger partial charge is 0.480 e. The summed E-state index contributed by atoms with van der Waals surface area (Å²) in [4.78, 5) is 26.6. The molecular formula is C10H12N4O4. The number of hydrogen-bond acceptors (Lipinski definition) is 6. The Morgan fingerprint density at radius 2 is 2.39 bits per heavy atom.